The minimum atomic E-state index is 0. The molecule has 151 valence electrons. The van der Waals surface area contributed by atoms with Crippen LogP contribution in [-0.4, -0.2) is 42.4 Å². The van der Waals surface area contributed by atoms with Crippen LogP contribution in [0.15, 0.2) is 42.0 Å². The van der Waals surface area contributed by atoms with Crippen molar-refractivity contribution in [1.82, 2.24) is 4.90 Å². The van der Waals surface area contributed by atoms with E-state index in [2.05, 4.69) is 41.3 Å². The van der Waals surface area contributed by atoms with Crippen molar-refractivity contribution in [2.24, 2.45) is 0 Å². The van der Waals surface area contributed by atoms with Gasteiger partial charge in [-0.2, -0.15) is 5.26 Å². The molecule has 0 bridgehead atoms. The van der Waals surface area contributed by atoms with Crippen molar-refractivity contribution in [3.05, 3.63) is 53.1 Å². The average Bonchev–Trinajstić information content (AvgIpc) is 3.30. The van der Waals surface area contributed by atoms with Gasteiger partial charge in [-0.15, -0.1) is 0 Å². The normalized spacial score (nSPS) is 23.0. The van der Waals surface area contributed by atoms with E-state index in [9.17, 15) is 5.26 Å². The molecule has 5 heteroatoms. The van der Waals surface area contributed by atoms with Crippen LogP contribution in [0.5, 0.6) is 0 Å². The van der Waals surface area contributed by atoms with E-state index in [4.69, 9.17) is 9.84 Å². The molecule has 28 heavy (non-hydrogen) atoms. The van der Waals surface area contributed by atoms with E-state index in [1.54, 1.807) is 0 Å². The van der Waals surface area contributed by atoms with Gasteiger partial charge in [-0.3, -0.25) is 4.90 Å². The summed E-state index contributed by atoms with van der Waals surface area (Å²) in [7, 11) is 1.00. The molecule has 2 heterocycles. The largest absolute Gasteiger partial charge is 0.400 e. The van der Waals surface area contributed by atoms with Crippen molar-refractivity contribution < 1.29 is 32.2 Å². The summed E-state index contributed by atoms with van der Waals surface area (Å²) < 4.78 is 6.14. The molecule has 0 saturated carbocycles. The molecule has 0 spiro atoms. The molecule has 3 aliphatic rings. The Hall–Kier alpha value is -1.19. The van der Waals surface area contributed by atoms with Gasteiger partial charge in [0, 0.05) is 42.1 Å². The maximum atomic E-state index is 9.27. The molecule has 1 N–H and O–H groups in total. The zero-order valence-corrected chi connectivity index (χ0v) is 19.2. The summed E-state index contributed by atoms with van der Waals surface area (Å²) in [5.41, 5.74) is 4.36. The van der Waals surface area contributed by atoms with Crippen LogP contribution in [0, 0.1) is 11.3 Å². The van der Waals surface area contributed by atoms with Gasteiger partial charge < -0.3 is 9.84 Å². The van der Waals surface area contributed by atoms with Gasteiger partial charge in [0.1, 0.15) is 0 Å². The first kappa shape index (κ1) is 24.8. The Bertz CT molecular complexity index is 694. The van der Waals surface area contributed by atoms with Gasteiger partial charge in [0.05, 0.1) is 24.4 Å². The second kappa shape index (κ2) is 12.4. The minimum Gasteiger partial charge on any atom is -0.400 e. The molecule has 0 aromatic heterocycles. The average molecular weight is 549 g/mol. The molecule has 1 radical (unpaired) electrons. The Morgan fingerprint density at radius 1 is 1.25 bits per heavy atom. The van der Waals surface area contributed by atoms with Crippen molar-refractivity contribution in [1.29, 1.82) is 5.26 Å². The number of hydrogen-bond acceptors (Lipinski definition) is 4. The monoisotopic (exact) mass is 549 g/mol. The fraction of sp³-hybridized carbons (Fsp3) is 0.522. The third kappa shape index (κ3) is 5.90. The summed E-state index contributed by atoms with van der Waals surface area (Å²) in [6, 6.07) is 11.6. The third-order valence-corrected chi connectivity index (χ3v) is 5.55. The maximum Gasteiger partial charge on any atom is 0.0994 e. The Morgan fingerprint density at radius 3 is 2.68 bits per heavy atom. The number of fused-ring (bicyclic) bond motifs is 1. The molecule has 2 aliphatic heterocycles. The smallest absolute Gasteiger partial charge is 0.0994 e. The van der Waals surface area contributed by atoms with Crippen LogP contribution in [0.1, 0.15) is 50.7 Å². The summed E-state index contributed by atoms with van der Waals surface area (Å²) in [4.78, 5) is 2.58. The number of benzene rings is 1. The molecule has 2 fully saturated rings. The Morgan fingerprint density at radius 2 is 2.00 bits per heavy atom. The molecule has 1 aliphatic carbocycles. The van der Waals surface area contributed by atoms with Crippen LogP contribution in [0.3, 0.4) is 0 Å². The third-order valence-electron chi connectivity index (χ3n) is 5.55. The number of ether oxygens (including phenoxy) is 1. The second-order valence-corrected chi connectivity index (χ2v) is 7.10. The molecular weight excluding hydrogens is 517 g/mol. The maximum absolute atomic E-state index is 9.27. The van der Waals surface area contributed by atoms with E-state index in [-0.39, 0.29) is 29.8 Å². The van der Waals surface area contributed by atoms with Crippen molar-refractivity contribution in [2.75, 3.05) is 20.2 Å². The Kier molecular flexibility index (Phi) is 11.0. The van der Waals surface area contributed by atoms with E-state index in [1.165, 1.54) is 42.5 Å². The van der Waals surface area contributed by atoms with Gasteiger partial charge in [-0.1, -0.05) is 37.8 Å². The van der Waals surface area contributed by atoms with Gasteiger partial charge in [0.2, 0.25) is 0 Å². The van der Waals surface area contributed by atoms with Gasteiger partial charge in [0.15, 0.2) is 0 Å². The van der Waals surface area contributed by atoms with Crippen LogP contribution in [0.2, 0.25) is 0 Å². The number of rotatable bonds is 4. The predicted octanol–water partition coefficient (Wildman–Crippen LogP) is 4.31. The topological polar surface area (TPSA) is 56.5 Å². The van der Waals surface area contributed by atoms with E-state index >= 15 is 0 Å². The van der Waals surface area contributed by atoms with Crippen LogP contribution in [-0.2, 0) is 33.7 Å². The standard InChI is InChI=1S/C21H24N2O.CH4O.CH4.Ta/c22-13-18-4-1-2-6-21(18)17-9-7-16(8-10-17)15-24-20-12-19-5-3-11-23(19)14-20;1-2;;/h1,4,7-10,19-20H,2-3,5-6,11-12,14-15H2;2H,1H3;1H4;. The summed E-state index contributed by atoms with van der Waals surface area (Å²) in [6.45, 7) is 3.05. The first-order valence-electron chi connectivity index (χ1n) is 9.53. The van der Waals surface area contributed by atoms with Crippen LogP contribution < -0.4 is 0 Å². The molecule has 0 amide bonds. The van der Waals surface area contributed by atoms with Crippen molar-refractivity contribution in [2.45, 2.75) is 58.3 Å². The fourth-order valence-corrected chi connectivity index (χ4v) is 4.25. The van der Waals surface area contributed by atoms with Gasteiger partial charge in [-0.05, 0) is 61.4 Å². The van der Waals surface area contributed by atoms with Crippen LogP contribution in [0.25, 0.3) is 5.57 Å². The summed E-state index contributed by atoms with van der Waals surface area (Å²) in [5.74, 6) is 0. The van der Waals surface area contributed by atoms with Gasteiger partial charge in [-0.25, -0.2) is 0 Å². The molecule has 1 aromatic carbocycles. The first-order valence-corrected chi connectivity index (χ1v) is 9.53. The summed E-state index contributed by atoms with van der Waals surface area (Å²) >= 11 is 0. The first-order chi connectivity index (χ1) is 12.8. The van der Waals surface area contributed by atoms with E-state index in [0.29, 0.717) is 12.7 Å². The van der Waals surface area contributed by atoms with E-state index in [1.807, 2.05) is 6.08 Å². The number of nitriles is 1. The van der Waals surface area contributed by atoms with Gasteiger partial charge in [0.25, 0.3) is 0 Å². The molecular formula is C23H32N2O2Ta. The van der Waals surface area contributed by atoms with Crippen LogP contribution >= 0.6 is 0 Å². The van der Waals surface area contributed by atoms with E-state index in [0.717, 1.165) is 38.1 Å². The molecule has 4 rings (SSSR count). The number of aliphatic hydroxyl groups is 1. The SMILES string of the molecule is C.CO.N#CC1=C(c2ccc(COC3CC4CCCN4C3)cc2)CCC=C1.[Ta]. The van der Waals surface area contributed by atoms with Crippen molar-refractivity contribution >= 4 is 5.57 Å². The minimum absolute atomic E-state index is 0. The van der Waals surface area contributed by atoms with Crippen LogP contribution in [0.4, 0.5) is 0 Å². The second-order valence-electron chi connectivity index (χ2n) is 7.10. The van der Waals surface area contributed by atoms with E-state index < -0.39 is 0 Å². The number of aliphatic hydroxyl groups excluding tert-OH is 1. The predicted molar refractivity (Wildman–Crippen MR) is 110 cm³/mol. The van der Waals surface area contributed by atoms with Crippen molar-refractivity contribution in [3.63, 3.8) is 0 Å². The quantitative estimate of drug-likeness (QED) is 0.609. The fourth-order valence-electron chi connectivity index (χ4n) is 4.25. The molecule has 2 unspecified atom stereocenters. The zero-order chi connectivity index (χ0) is 18.4. The molecule has 2 saturated heterocycles. The molecule has 1 aromatic rings. The Balaban J connectivity index is 0.000000950. The summed E-state index contributed by atoms with van der Waals surface area (Å²) in [5, 5.41) is 16.3. The molecule has 2 atom stereocenters. The molecule has 4 nitrogen and oxygen atoms in total. The number of hydrogen-bond donors (Lipinski definition) is 1. The Labute approximate surface area is 185 Å². The summed E-state index contributed by atoms with van der Waals surface area (Å²) in [6.07, 6.45) is 10.3. The van der Waals surface area contributed by atoms with Crippen molar-refractivity contribution in [3.8, 4) is 6.07 Å². The number of nitrogens with zero attached hydrogens (tertiary/aromatic N) is 2. The zero-order valence-electron chi connectivity index (χ0n) is 16.0. The van der Waals surface area contributed by atoms with Gasteiger partial charge >= 0.3 is 0 Å². The number of allylic oxidation sites excluding steroid dienone is 4.